The van der Waals surface area contributed by atoms with Crippen molar-refractivity contribution in [3.05, 3.63) is 0 Å². The molecule has 0 amide bonds. The van der Waals surface area contributed by atoms with Crippen molar-refractivity contribution >= 4 is 0 Å². The van der Waals surface area contributed by atoms with Gasteiger partial charge in [-0.25, -0.2) is 0 Å². The Kier molecular flexibility index (Phi) is 4.66. The van der Waals surface area contributed by atoms with Crippen molar-refractivity contribution in [2.45, 2.75) is 52.0 Å². The van der Waals surface area contributed by atoms with Crippen LogP contribution in [0.5, 0.6) is 0 Å². The molecule has 1 saturated heterocycles. The van der Waals surface area contributed by atoms with E-state index in [1.54, 1.807) is 0 Å². The molecule has 2 fully saturated rings. The Bertz CT molecular complexity index is 197. The van der Waals surface area contributed by atoms with Gasteiger partial charge in [-0.1, -0.05) is 13.8 Å². The van der Waals surface area contributed by atoms with Gasteiger partial charge in [-0.3, -0.25) is 0 Å². The summed E-state index contributed by atoms with van der Waals surface area (Å²) < 4.78 is 5.48. The molecular formula is C14H27NO. The topological polar surface area (TPSA) is 21.3 Å². The summed E-state index contributed by atoms with van der Waals surface area (Å²) in [5.74, 6) is 2.74. The molecule has 2 nitrogen and oxygen atoms in total. The molecule has 2 unspecified atom stereocenters. The Balaban J connectivity index is 1.88. The maximum atomic E-state index is 5.48. The van der Waals surface area contributed by atoms with Crippen molar-refractivity contribution in [1.82, 2.24) is 5.32 Å². The van der Waals surface area contributed by atoms with Gasteiger partial charge in [0.1, 0.15) is 0 Å². The Hall–Kier alpha value is -0.0800. The molecule has 2 aliphatic rings. The van der Waals surface area contributed by atoms with Gasteiger partial charge in [0.05, 0.1) is 0 Å². The molecule has 16 heavy (non-hydrogen) atoms. The molecule has 1 aliphatic heterocycles. The van der Waals surface area contributed by atoms with Crippen LogP contribution >= 0.6 is 0 Å². The first kappa shape index (κ1) is 12.4. The van der Waals surface area contributed by atoms with Gasteiger partial charge in [0.15, 0.2) is 0 Å². The van der Waals surface area contributed by atoms with E-state index >= 15 is 0 Å². The van der Waals surface area contributed by atoms with E-state index in [-0.39, 0.29) is 0 Å². The fourth-order valence-corrected chi connectivity index (χ4v) is 3.08. The van der Waals surface area contributed by atoms with Crippen LogP contribution in [0.1, 0.15) is 46.0 Å². The summed E-state index contributed by atoms with van der Waals surface area (Å²) in [6, 6.07) is 0.747. The van der Waals surface area contributed by atoms with Gasteiger partial charge in [-0.15, -0.1) is 0 Å². The van der Waals surface area contributed by atoms with E-state index in [0.29, 0.717) is 0 Å². The SMILES string of the molecule is CCCNC(C1CCOCC1)C(C)C1CC1. The molecule has 2 heteroatoms. The number of rotatable bonds is 6. The van der Waals surface area contributed by atoms with Crippen LogP contribution in [0.2, 0.25) is 0 Å². The van der Waals surface area contributed by atoms with Crippen LogP contribution in [0, 0.1) is 17.8 Å². The van der Waals surface area contributed by atoms with Gasteiger partial charge in [0.2, 0.25) is 0 Å². The van der Waals surface area contributed by atoms with Gasteiger partial charge in [-0.2, -0.15) is 0 Å². The highest BCUT2D eigenvalue weighted by molar-refractivity contribution is 4.90. The van der Waals surface area contributed by atoms with Crippen LogP contribution in [0.15, 0.2) is 0 Å². The first-order chi connectivity index (χ1) is 7.83. The lowest BCUT2D eigenvalue weighted by Crippen LogP contribution is -2.44. The minimum atomic E-state index is 0.747. The van der Waals surface area contributed by atoms with Crippen molar-refractivity contribution in [3.8, 4) is 0 Å². The standard InChI is InChI=1S/C14H27NO/c1-3-8-15-14(11(2)12-4-5-12)13-6-9-16-10-7-13/h11-15H,3-10H2,1-2H3. The summed E-state index contributed by atoms with van der Waals surface area (Å²) >= 11 is 0. The van der Waals surface area contributed by atoms with E-state index in [9.17, 15) is 0 Å². The predicted molar refractivity (Wildman–Crippen MR) is 67.5 cm³/mol. The van der Waals surface area contributed by atoms with Gasteiger partial charge >= 0.3 is 0 Å². The average Bonchev–Trinajstić information content (AvgIpc) is 3.14. The minimum Gasteiger partial charge on any atom is -0.381 e. The van der Waals surface area contributed by atoms with Gasteiger partial charge in [0.25, 0.3) is 0 Å². The Morgan fingerprint density at radius 2 is 1.81 bits per heavy atom. The highest BCUT2D eigenvalue weighted by Gasteiger charge is 2.36. The monoisotopic (exact) mass is 225 g/mol. The van der Waals surface area contributed by atoms with Gasteiger partial charge in [-0.05, 0) is 56.4 Å². The molecule has 2 rings (SSSR count). The molecule has 0 radical (unpaired) electrons. The van der Waals surface area contributed by atoms with E-state index in [0.717, 1.165) is 37.0 Å². The molecule has 0 aromatic heterocycles. The lowest BCUT2D eigenvalue weighted by atomic mass is 9.82. The first-order valence-electron chi connectivity index (χ1n) is 7.14. The second kappa shape index (κ2) is 6.02. The van der Waals surface area contributed by atoms with E-state index in [4.69, 9.17) is 4.74 Å². The van der Waals surface area contributed by atoms with Crippen molar-refractivity contribution in [3.63, 3.8) is 0 Å². The molecule has 0 aromatic rings. The van der Waals surface area contributed by atoms with Crippen LogP contribution in [0.4, 0.5) is 0 Å². The second-order valence-corrected chi connectivity index (χ2v) is 5.63. The minimum absolute atomic E-state index is 0.747. The third kappa shape index (κ3) is 3.21. The zero-order valence-corrected chi connectivity index (χ0v) is 10.9. The summed E-state index contributed by atoms with van der Waals surface area (Å²) in [5.41, 5.74) is 0. The number of hydrogen-bond acceptors (Lipinski definition) is 2. The molecule has 2 atom stereocenters. The molecule has 1 aliphatic carbocycles. The van der Waals surface area contributed by atoms with Gasteiger partial charge in [0, 0.05) is 19.3 Å². The maximum Gasteiger partial charge on any atom is 0.0469 e. The predicted octanol–water partition coefficient (Wildman–Crippen LogP) is 2.83. The van der Waals surface area contributed by atoms with Crippen LogP contribution in [0.25, 0.3) is 0 Å². The van der Waals surface area contributed by atoms with Crippen LogP contribution in [-0.2, 0) is 4.74 Å². The van der Waals surface area contributed by atoms with E-state index in [1.807, 2.05) is 0 Å². The summed E-state index contributed by atoms with van der Waals surface area (Å²) in [6.45, 7) is 7.86. The Morgan fingerprint density at radius 3 is 2.38 bits per heavy atom. The van der Waals surface area contributed by atoms with Crippen molar-refractivity contribution < 1.29 is 4.74 Å². The molecule has 1 saturated carbocycles. The van der Waals surface area contributed by atoms with E-state index < -0.39 is 0 Å². The van der Waals surface area contributed by atoms with Crippen LogP contribution < -0.4 is 5.32 Å². The largest absolute Gasteiger partial charge is 0.381 e. The molecular weight excluding hydrogens is 198 g/mol. The Morgan fingerprint density at radius 1 is 1.12 bits per heavy atom. The highest BCUT2D eigenvalue weighted by atomic mass is 16.5. The zero-order valence-electron chi connectivity index (χ0n) is 10.9. The fraction of sp³-hybridized carbons (Fsp3) is 1.00. The third-order valence-electron chi connectivity index (χ3n) is 4.34. The summed E-state index contributed by atoms with van der Waals surface area (Å²) in [5, 5.41) is 3.80. The molecule has 0 aromatic carbocycles. The molecule has 1 N–H and O–H groups in total. The number of hydrogen-bond donors (Lipinski definition) is 1. The number of ether oxygens (including phenoxy) is 1. The third-order valence-corrected chi connectivity index (χ3v) is 4.34. The van der Waals surface area contributed by atoms with Crippen molar-refractivity contribution in [1.29, 1.82) is 0 Å². The summed E-state index contributed by atoms with van der Waals surface area (Å²) in [6.07, 6.45) is 6.71. The Labute approximate surface area is 100 Å². The first-order valence-corrected chi connectivity index (χ1v) is 7.14. The number of nitrogens with one attached hydrogen (secondary N) is 1. The second-order valence-electron chi connectivity index (χ2n) is 5.63. The molecule has 94 valence electrons. The van der Waals surface area contributed by atoms with Crippen molar-refractivity contribution in [2.24, 2.45) is 17.8 Å². The quantitative estimate of drug-likeness (QED) is 0.750. The molecule has 1 heterocycles. The van der Waals surface area contributed by atoms with E-state index in [1.165, 1.54) is 38.6 Å². The smallest absolute Gasteiger partial charge is 0.0469 e. The van der Waals surface area contributed by atoms with Gasteiger partial charge < -0.3 is 10.1 Å². The fourth-order valence-electron chi connectivity index (χ4n) is 3.08. The normalized spacial score (nSPS) is 26.6. The average molecular weight is 225 g/mol. The summed E-state index contributed by atoms with van der Waals surface area (Å²) in [7, 11) is 0. The van der Waals surface area contributed by atoms with Crippen LogP contribution in [-0.4, -0.2) is 25.8 Å². The molecule has 0 bridgehead atoms. The lowest BCUT2D eigenvalue weighted by Gasteiger charge is -2.35. The molecule has 0 spiro atoms. The van der Waals surface area contributed by atoms with Crippen molar-refractivity contribution in [2.75, 3.05) is 19.8 Å². The van der Waals surface area contributed by atoms with Crippen LogP contribution in [0.3, 0.4) is 0 Å². The maximum absolute atomic E-state index is 5.48. The lowest BCUT2D eigenvalue weighted by molar-refractivity contribution is 0.0439. The highest BCUT2D eigenvalue weighted by Crippen LogP contribution is 2.41. The zero-order chi connectivity index (χ0) is 11.4. The van der Waals surface area contributed by atoms with E-state index in [2.05, 4.69) is 19.2 Å². The summed E-state index contributed by atoms with van der Waals surface area (Å²) in [4.78, 5) is 0.